The van der Waals surface area contributed by atoms with Crippen LogP contribution in [0, 0.1) is 11.8 Å². The number of carbonyl (C=O) groups excluding carboxylic acids is 5. The Balaban J connectivity index is 3.61. The van der Waals surface area contributed by atoms with E-state index in [1.165, 1.54) is 6.92 Å². The third kappa shape index (κ3) is 26.7. The van der Waals surface area contributed by atoms with E-state index >= 15 is 0 Å². The zero-order valence-electron chi connectivity index (χ0n) is 26.5. The van der Waals surface area contributed by atoms with E-state index in [-0.39, 0.29) is 60.6 Å². The molecule has 0 aromatic heterocycles. The minimum atomic E-state index is -0.381. The van der Waals surface area contributed by atoms with Crippen LogP contribution in [0.5, 0.6) is 0 Å². The van der Waals surface area contributed by atoms with Gasteiger partial charge in [0.05, 0.1) is 33.0 Å². The van der Waals surface area contributed by atoms with Crippen LogP contribution in [0.15, 0.2) is 12.3 Å². The van der Waals surface area contributed by atoms with Gasteiger partial charge in [-0.1, -0.05) is 26.8 Å². The van der Waals surface area contributed by atoms with E-state index in [4.69, 9.17) is 24.7 Å². The fourth-order valence-electron chi connectivity index (χ4n) is 3.81. The van der Waals surface area contributed by atoms with Crippen LogP contribution in [0.1, 0.15) is 78.6 Å². The van der Waals surface area contributed by atoms with Gasteiger partial charge in [0.25, 0.3) is 0 Å². The maximum atomic E-state index is 12.3. The van der Waals surface area contributed by atoms with Crippen LogP contribution in [0.25, 0.3) is 0 Å². The summed E-state index contributed by atoms with van der Waals surface area (Å²) in [5, 5.41) is 6.02. The molecule has 0 aliphatic carbocycles. The second-order valence-corrected chi connectivity index (χ2v) is 10.8. The van der Waals surface area contributed by atoms with E-state index in [2.05, 4.69) is 17.2 Å². The van der Waals surface area contributed by atoms with Crippen LogP contribution in [-0.2, 0) is 42.9 Å². The Morgan fingerprint density at radius 1 is 0.674 bits per heavy atom. The molecule has 43 heavy (non-hydrogen) atoms. The zero-order valence-corrected chi connectivity index (χ0v) is 26.5. The molecule has 0 bridgehead atoms. The average molecular weight is 614 g/mol. The van der Waals surface area contributed by atoms with Crippen LogP contribution in [0.4, 0.5) is 0 Å². The lowest BCUT2D eigenvalue weighted by Gasteiger charge is -2.13. The molecule has 0 aliphatic heterocycles. The van der Waals surface area contributed by atoms with Gasteiger partial charge in [0.15, 0.2) is 11.6 Å². The quantitative estimate of drug-likeness (QED) is 0.0985. The molecule has 4 N–H and O–H groups in total. The highest BCUT2D eigenvalue weighted by molar-refractivity contribution is 5.86. The lowest BCUT2D eigenvalue weighted by atomic mass is 10.00. The Morgan fingerprint density at radius 2 is 1.30 bits per heavy atom. The third-order valence-corrected chi connectivity index (χ3v) is 6.44. The predicted molar refractivity (Wildman–Crippen MR) is 163 cm³/mol. The Kier molecular flexibility index (Phi) is 25.2. The van der Waals surface area contributed by atoms with E-state index in [0.717, 1.165) is 18.5 Å². The van der Waals surface area contributed by atoms with Crippen LogP contribution < -0.4 is 16.4 Å². The molecule has 0 aliphatic rings. The number of rotatable bonds is 31. The summed E-state index contributed by atoms with van der Waals surface area (Å²) in [4.78, 5) is 58.1. The maximum Gasteiger partial charge on any atom is 0.223 e. The molecule has 0 rings (SSSR count). The summed E-state index contributed by atoms with van der Waals surface area (Å²) in [5.41, 5.74) is 6.06. The number of ether oxygens (including phenoxy) is 4. The molecule has 0 radical (unpaired) electrons. The molecule has 0 fully saturated rings. The number of carbonyl (C=O) groups is 5. The summed E-state index contributed by atoms with van der Waals surface area (Å²) in [6.07, 6.45) is 5.16. The van der Waals surface area contributed by atoms with Gasteiger partial charge in [-0.25, -0.2) is 0 Å². The van der Waals surface area contributed by atoms with Crippen molar-refractivity contribution in [2.75, 3.05) is 65.9 Å². The summed E-state index contributed by atoms with van der Waals surface area (Å²) >= 11 is 0. The van der Waals surface area contributed by atoms with Crippen molar-refractivity contribution in [2.45, 2.75) is 78.6 Å². The fraction of sp³-hybridized carbons (Fsp3) is 0.774. The molecule has 12 heteroatoms. The SMILES string of the molecule is C=C(CCCC(=O)C[C@@H](C)C(=O)NCCCC[C@H](C)C(N)=O)NCCOCCOCC(=O)CCCOCCOCC(C)=O. The molecule has 0 aromatic rings. The van der Waals surface area contributed by atoms with Gasteiger partial charge in [0.1, 0.15) is 19.0 Å². The first kappa shape index (κ1) is 40.3. The Labute approximate surface area is 257 Å². The number of nitrogens with one attached hydrogen (secondary N) is 2. The first-order chi connectivity index (χ1) is 20.5. The van der Waals surface area contributed by atoms with Crippen molar-refractivity contribution in [3.8, 4) is 0 Å². The molecular weight excluding hydrogens is 558 g/mol. The third-order valence-electron chi connectivity index (χ3n) is 6.44. The molecule has 0 heterocycles. The molecule has 0 saturated heterocycles. The van der Waals surface area contributed by atoms with Gasteiger partial charge in [0, 0.05) is 56.5 Å². The Hall–Kier alpha value is -2.67. The highest BCUT2D eigenvalue weighted by Crippen LogP contribution is 2.10. The van der Waals surface area contributed by atoms with Crippen molar-refractivity contribution in [1.82, 2.24) is 10.6 Å². The number of allylic oxidation sites excluding steroid dienone is 1. The summed E-state index contributed by atoms with van der Waals surface area (Å²) in [6.45, 7) is 12.6. The number of hydrogen-bond donors (Lipinski definition) is 3. The van der Waals surface area contributed by atoms with Gasteiger partial charge in [0.2, 0.25) is 11.8 Å². The number of hydrogen-bond acceptors (Lipinski definition) is 10. The largest absolute Gasteiger partial charge is 0.387 e. The molecule has 0 spiro atoms. The van der Waals surface area contributed by atoms with Gasteiger partial charge in [-0.05, 0) is 39.0 Å². The minimum absolute atomic E-state index is 0.00509. The number of ketones is 3. The first-order valence-electron chi connectivity index (χ1n) is 15.3. The summed E-state index contributed by atoms with van der Waals surface area (Å²) in [5.74, 6) is -0.958. The average Bonchev–Trinajstić information content (AvgIpc) is 2.95. The molecule has 0 aromatic carbocycles. The van der Waals surface area contributed by atoms with Gasteiger partial charge in [-0.3, -0.25) is 24.0 Å². The van der Waals surface area contributed by atoms with E-state index in [9.17, 15) is 24.0 Å². The van der Waals surface area contributed by atoms with Crippen molar-refractivity contribution in [3.63, 3.8) is 0 Å². The van der Waals surface area contributed by atoms with Gasteiger partial charge >= 0.3 is 0 Å². The van der Waals surface area contributed by atoms with Crippen LogP contribution in [0.3, 0.4) is 0 Å². The van der Waals surface area contributed by atoms with Crippen molar-refractivity contribution >= 4 is 29.2 Å². The van der Waals surface area contributed by atoms with Crippen molar-refractivity contribution in [3.05, 3.63) is 12.3 Å². The Bertz CT molecular complexity index is 835. The van der Waals surface area contributed by atoms with Crippen LogP contribution >= 0.6 is 0 Å². The van der Waals surface area contributed by atoms with E-state index < -0.39 is 0 Å². The lowest BCUT2D eigenvalue weighted by molar-refractivity contribution is -0.129. The van der Waals surface area contributed by atoms with Crippen molar-refractivity contribution in [2.24, 2.45) is 17.6 Å². The van der Waals surface area contributed by atoms with Gasteiger partial charge < -0.3 is 35.3 Å². The maximum absolute atomic E-state index is 12.3. The van der Waals surface area contributed by atoms with Crippen molar-refractivity contribution in [1.29, 1.82) is 0 Å². The fourth-order valence-corrected chi connectivity index (χ4v) is 3.81. The normalized spacial score (nSPS) is 12.3. The van der Waals surface area contributed by atoms with Gasteiger partial charge in [-0.2, -0.15) is 0 Å². The van der Waals surface area contributed by atoms with Gasteiger partial charge in [-0.15, -0.1) is 0 Å². The first-order valence-corrected chi connectivity index (χ1v) is 15.3. The highest BCUT2D eigenvalue weighted by atomic mass is 16.5. The highest BCUT2D eigenvalue weighted by Gasteiger charge is 2.16. The van der Waals surface area contributed by atoms with Crippen LogP contribution in [-0.4, -0.2) is 95.1 Å². The number of Topliss-reactive ketones (excluding diaryl/α,β-unsaturated/α-hetero) is 3. The zero-order chi connectivity index (χ0) is 32.3. The topological polar surface area (TPSA) is 172 Å². The molecule has 248 valence electrons. The van der Waals surface area contributed by atoms with E-state index in [0.29, 0.717) is 91.3 Å². The Morgan fingerprint density at radius 3 is 1.98 bits per heavy atom. The summed E-state index contributed by atoms with van der Waals surface area (Å²) in [7, 11) is 0. The molecule has 0 saturated carbocycles. The predicted octanol–water partition coefficient (Wildman–Crippen LogP) is 2.27. The van der Waals surface area contributed by atoms with E-state index in [1.54, 1.807) is 13.8 Å². The second kappa shape index (κ2) is 26.9. The van der Waals surface area contributed by atoms with Crippen molar-refractivity contribution < 1.29 is 42.9 Å². The standard InChI is InChI=1S/C31H55N3O9/c1-24(30(32)38)9-5-6-13-34-31(39)25(2)21-28(36)11-7-10-26(3)33-14-16-41-18-20-43-23-29(37)12-8-15-40-17-19-42-22-27(4)35/h24-25,33H,3,5-23H2,1-2,4H3,(H2,32,38)(H,34,39)/t24-,25+/m0/s1. The summed E-state index contributed by atoms with van der Waals surface area (Å²) in [6, 6.07) is 0. The molecule has 2 atom stereocenters. The molecule has 0 unspecified atom stereocenters. The molecular formula is C31H55N3O9. The second-order valence-electron chi connectivity index (χ2n) is 10.8. The lowest BCUT2D eigenvalue weighted by Crippen LogP contribution is -2.31. The monoisotopic (exact) mass is 613 g/mol. The number of primary amides is 1. The minimum Gasteiger partial charge on any atom is -0.387 e. The smallest absolute Gasteiger partial charge is 0.223 e. The molecule has 2 amide bonds. The number of unbranched alkanes of at least 4 members (excludes halogenated alkanes) is 1. The summed E-state index contributed by atoms with van der Waals surface area (Å²) < 4.78 is 21.3. The van der Waals surface area contributed by atoms with Crippen LogP contribution in [0.2, 0.25) is 0 Å². The van der Waals surface area contributed by atoms with E-state index in [1.807, 2.05) is 0 Å². The number of amides is 2. The number of nitrogens with two attached hydrogens (primary N) is 1. The molecule has 12 nitrogen and oxygen atoms in total.